The summed E-state index contributed by atoms with van der Waals surface area (Å²) in [7, 11) is 3.13. The lowest BCUT2D eigenvalue weighted by molar-refractivity contribution is -0.165. The van der Waals surface area contributed by atoms with Crippen LogP contribution in [0.25, 0.3) is 0 Å². The third kappa shape index (κ3) is 4.27. The van der Waals surface area contributed by atoms with Crippen molar-refractivity contribution in [2.75, 3.05) is 34.0 Å². The molecule has 7 heteroatoms. The van der Waals surface area contributed by atoms with Crippen molar-refractivity contribution in [1.29, 1.82) is 0 Å². The fourth-order valence-electron chi connectivity index (χ4n) is 3.24. The van der Waals surface area contributed by atoms with E-state index in [9.17, 15) is 9.59 Å². The topological polar surface area (TPSA) is 80.3 Å². The Morgan fingerprint density at radius 1 is 1.12 bits per heavy atom. The van der Waals surface area contributed by atoms with Gasteiger partial charge < -0.3 is 23.7 Å². The van der Waals surface area contributed by atoms with Crippen molar-refractivity contribution in [3.05, 3.63) is 23.8 Å². The normalized spacial score (nSPS) is 19.3. The Balaban J connectivity index is 2.40. The zero-order valence-electron chi connectivity index (χ0n) is 15.7. The molecule has 1 aromatic rings. The number of ether oxygens (including phenoxy) is 5. The number of methoxy groups -OCH3 is 2. The zero-order valence-corrected chi connectivity index (χ0v) is 15.7. The van der Waals surface area contributed by atoms with Gasteiger partial charge in [-0.05, 0) is 38.5 Å². The molecule has 0 aromatic heterocycles. The van der Waals surface area contributed by atoms with E-state index in [2.05, 4.69) is 0 Å². The first-order valence-corrected chi connectivity index (χ1v) is 8.74. The summed E-state index contributed by atoms with van der Waals surface area (Å²) < 4.78 is 26.8. The minimum atomic E-state index is -1.04. The molecule has 1 aliphatic heterocycles. The first kappa shape index (κ1) is 20.0. The van der Waals surface area contributed by atoms with E-state index in [0.29, 0.717) is 24.5 Å². The third-order valence-corrected chi connectivity index (χ3v) is 4.39. The van der Waals surface area contributed by atoms with Gasteiger partial charge in [0.1, 0.15) is 11.5 Å². The summed E-state index contributed by atoms with van der Waals surface area (Å²) in [4.78, 5) is 24.9. The molecule has 0 saturated carbocycles. The first-order valence-electron chi connectivity index (χ1n) is 8.74. The molecule has 26 heavy (non-hydrogen) atoms. The lowest BCUT2D eigenvalue weighted by atomic mass is 9.83. The Morgan fingerprint density at radius 2 is 1.77 bits per heavy atom. The average molecular weight is 366 g/mol. The van der Waals surface area contributed by atoms with Crippen molar-refractivity contribution in [3.8, 4) is 11.5 Å². The summed E-state index contributed by atoms with van der Waals surface area (Å²) >= 11 is 0. The van der Waals surface area contributed by atoms with Crippen molar-refractivity contribution in [3.63, 3.8) is 0 Å². The van der Waals surface area contributed by atoms with Crippen LogP contribution in [0.3, 0.4) is 0 Å². The minimum absolute atomic E-state index is 0.190. The highest BCUT2D eigenvalue weighted by Gasteiger charge is 2.46. The Morgan fingerprint density at radius 3 is 2.31 bits per heavy atom. The Kier molecular flexibility index (Phi) is 7.26. The molecular weight excluding hydrogens is 340 g/mol. The van der Waals surface area contributed by atoms with Crippen LogP contribution in [0.2, 0.25) is 0 Å². The van der Waals surface area contributed by atoms with Crippen molar-refractivity contribution < 1.29 is 33.3 Å². The van der Waals surface area contributed by atoms with Gasteiger partial charge >= 0.3 is 11.9 Å². The van der Waals surface area contributed by atoms with E-state index < -0.39 is 29.9 Å². The molecule has 1 fully saturated rings. The van der Waals surface area contributed by atoms with Gasteiger partial charge in [0.25, 0.3) is 0 Å². The summed E-state index contributed by atoms with van der Waals surface area (Å²) in [5.74, 6) is -1.39. The minimum Gasteiger partial charge on any atom is -0.497 e. The maximum atomic E-state index is 12.5. The predicted octanol–water partition coefficient (Wildman–Crippen LogP) is 2.52. The molecule has 0 aliphatic carbocycles. The molecule has 1 aromatic carbocycles. The van der Waals surface area contributed by atoms with E-state index in [0.717, 1.165) is 5.56 Å². The lowest BCUT2D eigenvalue weighted by Gasteiger charge is -2.26. The van der Waals surface area contributed by atoms with Crippen molar-refractivity contribution in [2.45, 2.75) is 26.4 Å². The average Bonchev–Trinajstić information content (AvgIpc) is 3.10. The zero-order chi connectivity index (χ0) is 19.1. The molecule has 0 N–H and O–H groups in total. The van der Waals surface area contributed by atoms with Crippen molar-refractivity contribution >= 4 is 11.9 Å². The number of benzene rings is 1. The van der Waals surface area contributed by atoms with Gasteiger partial charge in [-0.15, -0.1) is 0 Å². The van der Waals surface area contributed by atoms with E-state index in [1.54, 1.807) is 46.3 Å². The maximum Gasteiger partial charge on any atom is 0.320 e. The highest BCUT2D eigenvalue weighted by molar-refractivity contribution is 5.95. The van der Waals surface area contributed by atoms with Crippen molar-refractivity contribution in [1.82, 2.24) is 0 Å². The van der Waals surface area contributed by atoms with E-state index in [4.69, 9.17) is 23.7 Å². The molecule has 0 unspecified atom stereocenters. The summed E-state index contributed by atoms with van der Waals surface area (Å²) in [5, 5.41) is 0. The molecule has 0 amide bonds. The summed E-state index contributed by atoms with van der Waals surface area (Å²) in [5.41, 5.74) is 0.730. The van der Waals surface area contributed by atoms with Crippen LogP contribution in [0.5, 0.6) is 11.5 Å². The molecule has 144 valence electrons. The smallest absolute Gasteiger partial charge is 0.320 e. The van der Waals surface area contributed by atoms with Crippen LogP contribution >= 0.6 is 0 Å². The van der Waals surface area contributed by atoms with Gasteiger partial charge in [-0.25, -0.2) is 0 Å². The number of carbonyl (C=O) groups is 2. The first-order chi connectivity index (χ1) is 12.6. The fourth-order valence-corrected chi connectivity index (χ4v) is 3.24. The van der Waals surface area contributed by atoms with E-state index >= 15 is 0 Å². The van der Waals surface area contributed by atoms with Gasteiger partial charge in [0.2, 0.25) is 0 Å². The van der Waals surface area contributed by atoms with Gasteiger partial charge in [0.15, 0.2) is 5.92 Å². The second kappa shape index (κ2) is 9.43. The Bertz CT molecular complexity index is 610. The molecule has 1 aliphatic rings. The highest BCUT2D eigenvalue weighted by Crippen LogP contribution is 2.44. The number of rotatable bonds is 8. The SMILES string of the molecule is CCOC(=O)C(C(=O)OCC)[C@@H]1CCO[C@H]1c1cc(OC)ccc1OC. The molecule has 2 atom stereocenters. The molecular formula is C19H26O7. The predicted molar refractivity (Wildman–Crippen MR) is 93.1 cm³/mol. The van der Waals surface area contributed by atoms with Crippen LogP contribution in [-0.2, 0) is 23.8 Å². The van der Waals surface area contributed by atoms with Crippen LogP contribution in [0.4, 0.5) is 0 Å². The second-order valence-corrected chi connectivity index (χ2v) is 5.83. The maximum absolute atomic E-state index is 12.5. The fraction of sp³-hybridized carbons (Fsp3) is 0.579. The van der Waals surface area contributed by atoms with E-state index in [-0.39, 0.29) is 13.2 Å². The summed E-state index contributed by atoms with van der Waals surface area (Å²) in [6.07, 6.45) is 0.0340. The third-order valence-electron chi connectivity index (χ3n) is 4.39. The summed E-state index contributed by atoms with van der Waals surface area (Å²) in [6.45, 7) is 4.21. The summed E-state index contributed by atoms with van der Waals surface area (Å²) in [6, 6.07) is 5.35. The standard InChI is InChI=1S/C19H26O7/c1-5-24-18(20)16(19(21)25-6-2)13-9-10-26-17(13)14-11-12(22-3)7-8-15(14)23-4/h7-8,11,13,16-17H,5-6,9-10H2,1-4H3/t13-,17+/m0/s1. The van der Waals surface area contributed by atoms with E-state index in [1.165, 1.54) is 0 Å². The molecule has 0 radical (unpaired) electrons. The number of carbonyl (C=O) groups excluding carboxylic acids is 2. The number of hydrogen-bond acceptors (Lipinski definition) is 7. The van der Waals surface area contributed by atoms with Crippen LogP contribution in [0.1, 0.15) is 31.9 Å². The number of esters is 2. The molecule has 2 rings (SSSR count). The van der Waals surface area contributed by atoms with Gasteiger partial charge in [0, 0.05) is 18.1 Å². The van der Waals surface area contributed by atoms with Crippen LogP contribution < -0.4 is 9.47 Å². The highest BCUT2D eigenvalue weighted by atomic mass is 16.6. The monoisotopic (exact) mass is 366 g/mol. The molecule has 0 bridgehead atoms. The van der Waals surface area contributed by atoms with Gasteiger partial charge in [-0.3, -0.25) is 9.59 Å². The molecule has 7 nitrogen and oxygen atoms in total. The van der Waals surface area contributed by atoms with Crippen LogP contribution in [-0.4, -0.2) is 46.0 Å². The van der Waals surface area contributed by atoms with Crippen LogP contribution in [0.15, 0.2) is 18.2 Å². The second-order valence-electron chi connectivity index (χ2n) is 5.83. The number of hydrogen-bond donors (Lipinski definition) is 0. The Labute approximate surface area is 153 Å². The molecule has 0 spiro atoms. The van der Waals surface area contributed by atoms with Gasteiger partial charge in [0.05, 0.1) is 33.5 Å². The Hall–Kier alpha value is -2.28. The van der Waals surface area contributed by atoms with E-state index in [1.807, 2.05) is 0 Å². The van der Waals surface area contributed by atoms with Crippen LogP contribution in [0, 0.1) is 11.8 Å². The van der Waals surface area contributed by atoms with Crippen molar-refractivity contribution in [2.24, 2.45) is 11.8 Å². The quantitative estimate of drug-likeness (QED) is 0.516. The molecule has 1 heterocycles. The molecule has 1 saturated heterocycles. The lowest BCUT2D eigenvalue weighted by Crippen LogP contribution is -2.36. The largest absolute Gasteiger partial charge is 0.497 e. The van der Waals surface area contributed by atoms with Gasteiger partial charge in [-0.1, -0.05) is 0 Å². The van der Waals surface area contributed by atoms with Gasteiger partial charge in [-0.2, -0.15) is 0 Å².